The van der Waals surface area contributed by atoms with Gasteiger partial charge in [0.05, 0.1) is 10.5 Å². The molecule has 20 heavy (non-hydrogen) atoms. The van der Waals surface area contributed by atoms with Crippen LogP contribution in [0, 0.1) is 10.1 Å². The predicted molar refractivity (Wildman–Crippen MR) is 70.1 cm³/mol. The molecule has 0 aliphatic heterocycles. The van der Waals surface area contributed by atoms with Gasteiger partial charge in [-0.05, 0) is 12.5 Å². The standard InChI is InChI=1S/C11H13F3N2O3S/c1-20(19)6-2-5-15-10-4-3-8(16(17)18)7-9(10)11(12,13)14/h3-4,7,15H,2,5-6H2,1H3. The summed E-state index contributed by atoms with van der Waals surface area (Å²) < 4.78 is 49.3. The molecule has 0 aliphatic rings. The number of rotatable bonds is 6. The number of hydrogen-bond acceptors (Lipinski definition) is 4. The Labute approximate surface area is 115 Å². The summed E-state index contributed by atoms with van der Waals surface area (Å²) >= 11 is 0. The van der Waals surface area contributed by atoms with Gasteiger partial charge in [0.1, 0.15) is 0 Å². The van der Waals surface area contributed by atoms with E-state index in [1.54, 1.807) is 0 Å². The van der Waals surface area contributed by atoms with E-state index in [0.717, 1.165) is 12.1 Å². The highest BCUT2D eigenvalue weighted by Crippen LogP contribution is 2.36. The molecule has 0 radical (unpaired) electrons. The summed E-state index contributed by atoms with van der Waals surface area (Å²) in [7, 11) is -1.01. The van der Waals surface area contributed by atoms with Crippen LogP contribution in [0.5, 0.6) is 0 Å². The van der Waals surface area contributed by atoms with Crippen LogP contribution in [-0.2, 0) is 17.0 Å². The molecule has 0 bridgehead atoms. The van der Waals surface area contributed by atoms with Crippen molar-refractivity contribution in [2.75, 3.05) is 23.9 Å². The minimum Gasteiger partial charge on any atom is -0.385 e. The van der Waals surface area contributed by atoms with E-state index < -0.39 is 33.2 Å². The Bertz CT molecular complexity index is 520. The second-order valence-corrected chi connectivity index (χ2v) is 5.60. The van der Waals surface area contributed by atoms with Crippen molar-refractivity contribution in [3.05, 3.63) is 33.9 Å². The number of benzene rings is 1. The average Bonchev–Trinajstić information content (AvgIpc) is 2.33. The van der Waals surface area contributed by atoms with Gasteiger partial charge >= 0.3 is 6.18 Å². The van der Waals surface area contributed by atoms with Crippen molar-refractivity contribution in [2.24, 2.45) is 0 Å². The SMILES string of the molecule is CS(=O)CCCNc1ccc([N+](=O)[O-])cc1C(F)(F)F. The Hall–Kier alpha value is -1.64. The number of nitrogens with one attached hydrogen (secondary N) is 1. The molecule has 0 fully saturated rings. The van der Waals surface area contributed by atoms with Crippen LogP contribution in [-0.4, -0.2) is 27.7 Å². The molecule has 1 unspecified atom stereocenters. The predicted octanol–water partition coefficient (Wildman–Crippen LogP) is 2.79. The van der Waals surface area contributed by atoms with Crippen LogP contribution in [0.15, 0.2) is 18.2 Å². The highest BCUT2D eigenvalue weighted by Gasteiger charge is 2.35. The fraction of sp³-hybridized carbons (Fsp3) is 0.455. The minimum absolute atomic E-state index is 0.209. The average molecular weight is 310 g/mol. The fourth-order valence-corrected chi connectivity index (χ4v) is 2.08. The number of alkyl halides is 3. The number of non-ortho nitro benzene ring substituents is 1. The fourth-order valence-electron chi connectivity index (χ4n) is 1.53. The lowest BCUT2D eigenvalue weighted by Crippen LogP contribution is -2.13. The normalized spacial score (nSPS) is 13.0. The maximum Gasteiger partial charge on any atom is 0.418 e. The molecule has 112 valence electrons. The van der Waals surface area contributed by atoms with Gasteiger partial charge in [-0.15, -0.1) is 0 Å². The molecule has 9 heteroatoms. The summed E-state index contributed by atoms with van der Waals surface area (Å²) in [6.45, 7) is 0.209. The zero-order chi connectivity index (χ0) is 15.3. The molecule has 0 spiro atoms. The van der Waals surface area contributed by atoms with Crippen molar-refractivity contribution >= 4 is 22.2 Å². The largest absolute Gasteiger partial charge is 0.418 e. The monoisotopic (exact) mass is 310 g/mol. The van der Waals surface area contributed by atoms with Gasteiger partial charge in [-0.1, -0.05) is 0 Å². The number of halogens is 3. The van der Waals surface area contributed by atoms with Gasteiger partial charge in [-0.3, -0.25) is 14.3 Å². The maximum atomic E-state index is 12.8. The van der Waals surface area contributed by atoms with Crippen molar-refractivity contribution in [1.29, 1.82) is 0 Å². The third-order valence-corrected chi connectivity index (χ3v) is 3.31. The van der Waals surface area contributed by atoms with Crippen LogP contribution in [0.2, 0.25) is 0 Å². The van der Waals surface area contributed by atoms with Crippen LogP contribution < -0.4 is 5.32 Å². The molecule has 1 atom stereocenters. The Morgan fingerprint density at radius 2 is 2.05 bits per heavy atom. The van der Waals surface area contributed by atoms with Crippen LogP contribution in [0.3, 0.4) is 0 Å². The van der Waals surface area contributed by atoms with E-state index in [-0.39, 0.29) is 12.2 Å². The van der Waals surface area contributed by atoms with Crippen molar-refractivity contribution < 1.29 is 22.3 Å². The van der Waals surface area contributed by atoms with Gasteiger partial charge in [0, 0.05) is 47.2 Å². The quantitative estimate of drug-likeness (QED) is 0.498. The Balaban J connectivity index is 2.89. The third-order valence-electron chi connectivity index (χ3n) is 2.44. The van der Waals surface area contributed by atoms with E-state index in [1.165, 1.54) is 6.26 Å². The molecule has 1 aromatic rings. The number of nitro groups is 1. The summed E-state index contributed by atoms with van der Waals surface area (Å²) in [6, 6.07) is 2.54. The van der Waals surface area contributed by atoms with Crippen LogP contribution >= 0.6 is 0 Å². The van der Waals surface area contributed by atoms with Crippen LogP contribution in [0.1, 0.15) is 12.0 Å². The Morgan fingerprint density at radius 1 is 1.40 bits per heavy atom. The molecule has 0 heterocycles. The van der Waals surface area contributed by atoms with E-state index in [0.29, 0.717) is 18.2 Å². The summed E-state index contributed by atoms with van der Waals surface area (Å²) in [5, 5.41) is 13.1. The van der Waals surface area contributed by atoms with Gasteiger partial charge in [0.2, 0.25) is 0 Å². The zero-order valence-electron chi connectivity index (χ0n) is 10.6. The number of nitro benzene ring substituents is 1. The topological polar surface area (TPSA) is 72.2 Å². The molecule has 1 rings (SSSR count). The maximum absolute atomic E-state index is 12.8. The lowest BCUT2D eigenvalue weighted by molar-refractivity contribution is -0.385. The molecule has 1 aromatic carbocycles. The molecular weight excluding hydrogens is 297 g/mol. The van der Waals surface area contributed by atoms with E-state index in [1.807, 2.05) is 0 Å². The minimum atomic E-state index is -4.68. The van der Waals surface area contributed by atoms with E-state index >= 15 is 0 Å². The van der Waals surface area contributed by atoms with Crippen LogP contribution in [0.25, 0.3) is 0 Å². The second kappa shape index (κ2) is 6.69. The van der Waals surface area contributed by atoms with Gasteiger partial charge in [-0.25, -0.2) is 0 Å². The first-order valence-electron chi connectivity index (χ1n) is 5.61. The smallest absolute Gasteiger partial charge is 0.385 e. The third kappa shape index (κ3) is 4.80. The summed E-state index contributed by atoms with van der Waals surface area (Å²) in [6.07, 6.45) is -2.73. The van der Waals surface area contributed by atoms with Crippen molar-refractivity contribution in [2.45, 2.75) is 12.6 Å². The Morgan fingerprint density at radius 3 is 2.55 bits per heavy atom. The molecule has 0 aromatic heterocycles. The van der Waals surface area contributed by atoms with Gasteiger partial charge < -0.3 is 5.32 Å². The summed E-state index contributed by atoms with van der Waals surface area (Å²) in [4.78, 5) is 9.63. The van der Waals surface area contributed by atoms with Crippen LogP contribution in [0.4, 0.5) is 24.5 Å². The first-order valence-corrected chi connectivity index (χ1v) is 7.34. The van der Waals surface area contributed by atoms with Crippen molar-refractivity contribution in [3.63, 3.8) is 0 Å². The first-order chi connectivity index (χ1) is 9.21. The highest BCUT2D eigenvalue weighted by atomic mass is 32.2. The summed E-state index contributed by atoms with van der Waals surface area (Å²) in [5.41, 5.74) is -1.91. The van der Waals surface area contributed by atoms with E-state index in [9.17, 15) is 27.5 Å². The van der Waals surface area contributed by atoms with E-state index in [2.05, 4.69) is 5.32 Å². The lowest BCUT2D eigenvalue weighted by Gasteiger charge is -2.14. The molecule has 0 amide bonds. The van der Waals surface area contributed by atoms with Crippen molar-refractivity contribution in [1.82, 2.24) is 0 Å². The molecule has 1 N–H and O–H groups in total. The highest BCUT2D eigenvalue weighted by molar-refractivity contribution is 7.84. The zero-order valence-corrected chi connectivity index (χ0v) is 11.4. The van der Waals surface area contributed by atoms with Gasteiger partial charge in [-0.2, -0.15) is 13.2 Å². The number of anilines is 1. The molecule has 0 saturated carbocycles. The second-order valence-electron chi connectivity index (χ2n) is 4.04. The molecular formula is C11H13F3N2O3S. The van der Waals surface area contributed by atoms with Gasteiger partial charge in [0.25, 0.3) is 5.69 Å². The molecule has 0 aliphatic carbocycles. The Kier molecular flexibility index (Phi) is 5.49. The summed E-state index contributed by atoms with van der Waals surface area (Å²) in [5.74, 6) is 0.376. The van der Waals surface area contributed by atoms with Gasteiger partial charge in [0.15, 0.2) is 0 Å². The van der Waals surface area contributed by atoms with Crippen molar-refractivity contribution in [3.8, 4) is 0 Å². The number of nitrogens with zero attached hydrogens (tertiary/aromatic N) is 1. The first kappa shape index (κ1) is 16.4. The van der Waals surface area contributed by atoms with E-state index in [4.69, 9.17) is 0 Å². The molecule has 0 saturated heterocycles. The molecule has 5 nitrogen and oxygen atoms in total. The number of hydrogen-bond donors (Lipinski definition) is 1. The lowest BCUT2D eigenvalue weighted by atomic mass is 10.1.